The normalized spacial score (nSPS) is 15.2. The summed E-state index contributed by atoms with van der Waals surface area (Å²) in [4.78, 5) is 34.4. The van der Waals surface area contributed by atoms with Crippen LogP contribution in [-0.2, 0) is 17.5 Å². The predicted octanol–water partition coefficient (Wildman–Crippen LogP) is 5.54. The van der Waals surface area contributed by atoms with Crippen LogP contribution >= 0.6 is 12.4 Å². The third-order valence-electron chi connectivity index (χ3n) is 8.13. The second-order valence-corrected chi connectivity index (χ2v) is 11.4. The highest BCUT2D eigenvalue weighted by Gasteiger charge is 2.40. The molecule has 0 radical (unpaired) electrons. The molecule has 1 atom stereocenters. The lowest BCUT2D eigenvalue weighted by Gasteiger charge is -2.36. The van der Waals surface area contributed by atoms with E-state index in [4.69, 9.17) is 10.7 Å². The third-order valence-corrected chi connectivity index (χ3v) is 8.13. The largest absolute Gasteiger partial charge is 0.416 e. The summed E-state index contributed by atoms with van der Waals surface area (Å²) in [5.74, 6) is 0.344. The molecule has 0 spiro atoms. The van der Waals surface area contributed by atoms with E-state index in [0.29, 0.717) is 53.7 Å². The Morgan fingerprint density at radius 3 is 2.66 bits per heavy atom. The Labute approximate surface area is 275 Å². The summed E-state index contributed by atoms with van der Waals surface area (Å²) in [6.07, 6.45) is 0.975. The summed E-state index contributed by atoms with van der Waals surface area (Å²) >= 11 is 0. The molecule has 15 heteroatoms. The van der Waals surface area contributed by atoms with Crippen LogP contribution in [0.15, 0.2) is 66.9 Å². The number of unbranched alkanes of at least 4 members (excludes halogenated alkanes) is 2. The standard InChI is InChI=1S/C32H34F3N9O2.ClH/c33-32(34,35)22-7-4-6-21(16-22)27-11-12-28-30(39-27)44(26-13-15-42(28)20-26)31(46)38-23-8-5-9-25(17-23)43-19-24(40-41-43)18-37-29(45)10-2-1-3-14-36;/h4-9,11-12,16-17,19,26H,1-3,10,13-15,18,20,36H2,(H,37,45)(H,38,46);1H. The fourth-order valence-corrected chi connectivity index (χ4v) is 5.79. The number of hydrogen-bond donors (Lipinski definition) is 3. The van der Waals surface area contributed by atoms with Gasteiger partial charge in [0.25, 0.3) is 0 Å². The van der Waals surface area contributed by atoms with Crippen molar-refractivity contribution in [2.45, 2.75) is 50.9 Å². The Morgan fingerprint density at radius 1 is 1.02 bits per heavy atom. The third kappa shape index (κ3) is 7.66. The van der Waals surface area contributed by atoms with Gasteiger partial charge in [0.2, 0.25) is 5.91 Å². The maximum absolute atomic E-state index is 13.8. The quantitative estimate of drug-likeness (QED) is 0.189. The van der Waals surface area contributed by atoms with Gasteiger partial charge in [-0.15, -0.1) is 17.5 Å². The van der Waals surface area contributed by atoms with Crippen molar-refractivity contribution in [1.82, 2.24) is 25.3 Å². The first-order chi connectivity index (χ1) is 22.2. The van der Waals surface area contributed by atoms with Crippen LogP contribution in [0, 0.1) is 0 Å². The van der Waals surface area contributed by atoms with E-state index in [0.717, 1.165) is 50.0 Å². The molecule has 4 N–H and O–H groups in total. The molecule has 47 heavy (non-hydrogen) atoms. The van der Waals surface area contributed by atoms with Crippen LogP contribution in [0.1, 0.15) is 43.4 Å². The topological polar surface area (TPSA) is 134 Å². The van der Waals surface area contributed by atoms with Crippen molar-refractivity contribution in [2.75, 3.05) is 34.8 Å². The number of carbonyl (C=O) groups excluding carboxylic acids is 2. The SMILES string of the molecule is Cl.NCCCCCC(=O)NCc1cn(-c2cccc(NC(=O)N3c4nc(-c5cccc(C(F)(F)F)c5)ccc4N4CCC3C4)c2)nn1. The molecule has 2 bridgehead atoms. The second-order valence-electron chi connectivity index (χ2n) is 11.4. The number of halogens is 4. The smallest absolute Gasteiger partial charge is 0.366 e. The number of hydrogen-bond acceptors (Lipinski definition) is 7. The molecule has 4 aromatic rings. The molecular weight excluding hydrogens is 635 g/mol. The van der Waals surface area contributed by atoms with E-state index in [1.54, 1.807) is 46.1 Å². The van der Waals surface area contributed by atoms with E-state index < -0.39 is 17.8 Å². The number of alkyl halides is 3. The summed E-state index contributed by atoms with van der Waals surface area (Å²) < 4.78 is 41.7. The van der Waals surface area contributed by atoms with Gasteiger partial charge in [-0.1, -0.05) is 29.8 Å². The van der Waals surface area contributed by atoms with Crippen LogP contribution < -0.4 is 26.2 Å². The summed E-state index contributed by atoms with van der Waals surface area (Å²) in [6.45, 7) is 2.24. The van der Waals surface area contributed by atoms with Gasteiger partial charge in [0.1, 0.15) is 5.69 Å². The molecule has 1 fully saturated rings. The van der Waals surface area contributed by atoms with Gasteiger partial charge < -0.3 is 21.3 Å². The Morgan fingerprint density at radius 2 is 1.85 bits per heavy atom. The van der Waals surface area contributed by atoms with Gasteiger partial charge in [-0.05, 0) is 68.3 Å². The molecule has 2 aromatic carbocycles. The zero-order valence-electron chi connectivity index (χ0n) is 25.4. The van der Waals surface area contributed by atoms with Crippen LogP contribution in [0.4, 0.5) is 35.2 Å². The Balaban J connectivity index is 0.00000433. The van der Waals surface area contributed by atoms with Gasteiger partial charge in [0.05, 0.1) is 41.4 Å². The van der Waals surface area contributed by atoms with E-state index in [1.807, 2.05) is 12.1 Å². The van der Waals surface area contributed by atoms with Crippen molar-refractivity contribution in [3.05, 3.63) is 78.1 Å². The number of nitrogens with two attached hydrogens (primary N) is 1. The highest BCUT2D eigenvalue weighted by atomic mass is 35.5. The van der Waals surface area contributed by atoms with Gasteiger partial charge in [0, 0.05) is 30.8 Å². The van der Waals surface area contributed by atoms with Crippen molar-refractivity contribution >= 4 is 41.5 Å². The van der Waals surface area contributed by atoms with Gasteiger partial charge in [-0.25, -0.2) is 14.5 Å². The fraction of sp³-hybridized carbons (Fsp3) is 0.344. The second kappa shape index (κ2) is 14.4. The van der Waals surface area contributed by atoms with Crippen LogP contribution in [0.5, 0.6) is 0 Å². The van der Waals surface area contributed by atoms with Crippen molar-refractivity contribution in [3.8, 4) is 16.9 Å². The average Bonchev–Trinajstić information content (AvgIpc) is 3.70. The van der Waals surface area contributed by atoms with Gasteiger partial charge in [0.15, 0.2) is 5.82 Å². The Kier molecular flexibility index (Phi) is 10.3. The first-order valence-corrected chi connectivity index (χ1v) is 15.2. The molecule has 11 nitrogen and oxygen atoms in total. The Bertz CT molecular complexity index is 1730. The number of amides is 3. The van der Waals surface area contributed by atoms with Crippen molar-refractivity contribution in [2.24, 2.45) is 5.73 Å². The van der Waals surface area contributed by atoms with E-state index >= 15 is 0 Å². The van der Waals surface area contributed by atoms with Crippen molar-refractivity contribution in [1.29, 1.82) is 0 Å². The number of pyridine rings is 1. The number of fused-ring (bicyclic) bond motifs is 4. The van der Waals surface area contributed by atoms with Crippen LogP contribution in [-0.4, -0.2) is 57.6 Å². The zero-order valence-corrected chi connectivity index (χ0v) is 26.2. The summed E-state index contributed by atoms with van der Waals surface area (Å²) in [7, 11) is 0. The summed E-state index contributed by atoms with van der Waals surface area (Å²) in [6, 6.07) is 15.1. The minimum atomic E-state index is -4.48. The van der Waals surface area contributed by atoms with Crippen LogP contribution in [0.3, 0.4) is 0 Å². The maximum atomic E-state index is 13.8. The van der Waals surface area contributed by atoms with E-state index in [-0.39, 0.29) is 30.9 Å². The highest BCUT2D eigenvalue weighted by Crippen LogP contribution is 2.41. The van der Waals surface area contributed by atoms with Crippen LogP contribution in [0.2, 0.25) is 0 Å². The van der Waals surface area contributed by atoms with E-state index in [1.165, 1.54) is 6.07 Å². The van der Waals surface area contributed by atoms with Crippen molar-refractivity contribution < 1.29 is 22.8 Å². The molecule has 1 unspecified atom stereocenters. The predicted molar refractivity (Wildman–Crippen MR) is 175 cm³/mol. The molecule has 3 amide bonds. The lowest BCUT2D eigenvalue weighted by atomic mass is 10.1. The number of benzene rings is 2. The van der Waals surface area contributed by atoms with Gasteiger partial charge in [-0.3, -0.25) is 9.69 Å². The molecule has 0 saturated carbocycles. The van der Waals surface area contributed by atoms with Crippen molar-refractivity contribution in [3.63, 3.8) is 0 Å². The van der Waals surface area contributed by atoms with E-state index in [9.17, 15) is 22.8 Å². The lowest BCUT2D eigenvalue weighted by Crippen LogP contribution is -2.48. The number of nitrogens with one attached hydrogen (secondary N) is 2. The minimum absolute atomic E-state index is 0. The number of anilines is 3. The number of rotatable bonds is 10. The molecular formula is C32H35ClF3N9O2. The molecule has 2 aliphatic heterocycles. The molecule has 248 valence electrons. The van der Waals surface area contributed by atoms with Gasteiger partial charge >= 0.3 is 12.2 Å². The summed E-state index contributed by atoms with van der Waals surface area (Å²) in [5.41, 5.74) is 7.90. The first kappa shape index (κ1) is 33.7. The number of aromatic nitrogens is 4. The van der Waals surface area contributed by atoms with Crippen LogP contribution in [0.25, 0.3) is 16.9 Å². The zero-order chi connectivity index (χ0) is 32.3. The Hall–Kier alpha value is -4.69. The summed E-state index contributed by atoms with van der Waals surface area (Å²) in [5, 5.41) is 14.1. The first-order valence-electron chi connectivity index (χ1n) is 15.2. The monoisotopic (exact) mass is 669 g/mol. The maximum Gasteiger partial charge on any atom is 0.416 e. The molecule has 0 aliphatic carbocycles. The molecule has 1 saturated heterocycles. The molecule has 4 heterocycles. The number of urea groups is 1. The molecule has 2 aromatic heterocycles. The van der Waals surface area contributed by atoms with E-state index in [2.05, 4.69) is 25.8 Å². The minimum Gasteiger partial charge on any atom is -0.366 e. The fourth-order valence-electron chi connectivity index (χ4n) is 5.79. The number of nitrogens with zero attached hydrogens (tertiary/aromatic N) is 6. The lowest BCUT2D eigenvalue weighted by molar-refractivity contribution is -0.137. The number of carbonyl (C=O) groups is 2. The molecule has 2 aliphatic rings. The highest BCUT2D eigenvalue weighted by molar-refractivity contribution is 6.05. The average molecular weight is 670 g/mol. The van der Waals surface area contributed by atoms with Gasteiger partial charge in [-0.2, -0.15) is 13.2 Å². The molecule has 6 rings (SSSR count).